The van der Waals surface area contributed by atoms with Crippen LogP contribution in [0.3, 0.4) is 0 Å². The molecule has 0 atom stereocenters. The van der Waals surface area contributed by atoms with Gasteiger partial charge in [0.25, 0.3) is 11.4 Å². The Morgan fingerprint density at radius 1 is 1.25 bits per heavy atom. The van der Waals surface area contributed by atoms with Gasteiger partial charge in [0.2, 0.25) is 0 Å². The normalized spacial score (nSPS) is 17.2. The molecule has 0 aromatic carbocycles. The van der Waals surface area contributed by atoms with Crippen molar-refractivity contribution in [3.05, 3.63) is 50.1 Å². The second kappa shape index (κ2) is 8.67. The van der Waals surface area contributed by atoms with Gasteiger partial charge in [-0.25, -0.2) is 10.0 Å². The van der Waals surface area contributed by atoms with Crippen molar-refractivity contribution in [1.29, 1.82) is 0 Å². The minimum atomic E-state index is -0.0641. The largest absolute Gasteiger partial charge is 0.711 e. The number of nitrogens with one attached hydrogen (secondary N) is 2. The third-order valence-corrected chi connectivity index (χ3v) is 7.38. The highest BCUT2D eigenvalue weighted by atomic mass is 79.9. The molecule has 3 aromatic heterocycles. The highest BCUT2D eigenvalue weighted by Crippen LogP contribution is 2.32. The van der Waals surface area contributed by atoms with Crippen LogP contribution in [-0.2, 0) is 0 Å². The summed E-state index contributed by atoms with van der Waals surface area (Å²) in [6.45, 7) is 5.44. The predicted octanol–water partition coefficient (Wildman–Crippen LogP) is 2.76. The molecule has 168 valence electrons. The number of halogens is 1. The number of pyridine rings is 2. The molecule has 2 N–H and O–H groups in total. The quantitative estimate of drug-likeness (QED) is 0.420. The van der Waals surface area contributed by atoms with E-state index in [1.54, 1.807) is 23.0 Å². The molecule has 0 radical (unpaired) electrons. The van der Waals surface area contributed by atoms with Gasteiger partial charge in [0.1, 0.15) is 6.20 Å². The summed E-state index contributed by atoms with van der Waals surface area (Å²) in [5.41, 5.74) is 2.26. The van der Waals surface area contributed by atoms with E-state index in [-0.39, 0.29) is 11.6 Å². The number of anilines is 3. The summed E-state index contributed by atoms with van der Waals surface area (Å²) in [5.74, 6) is 0.636. The predicted molar refractivity (Wildman–Crippen MR) is 128 cm³/mol. The van der Waals surface area contributed by atoms with Crippen molar-refractivity contribution in [1.82, 2.24) is 19.9 Å². The molecule has 5 rings (SSSR count). The van der Waals surface area contributed by atoms with Crippen LogP contribution in [0.1, 0.15) is 37.3 Å². The van der Waals surface area contributed by atoms with Crippen molar-refractivity contribution in [2.75, 3.05) is 36.4 Å². The molecular weight excluding hydrogens is 474 g/mol. The van der Waals surface area contributed by atoms with E-state index in [2.05, 4.69) is 41.4 Å². The van der Waals surface area contributed by atoms with Crippen LogP contribution in [-0.4, -0.2) is 40.7 Å². The van der Waals surface area contributed by atoms with Gasteiger partial charge in [-0.05, 0) is 47.3 Å². The second-order valence-corrected chi connectivity index (χ2v) is 9.24. The fourth-order valence-corrected chi connectivity index (χ4v) is 5.06. The van der Waals surface area contributed by atoms with Crippen LogP contribution in [0.15, 0.2) is 33.8 Å². The molecule has 3 aromatic rings. The van der Waals surface area contributed by atoms with Gasteiger partial charge in [0.05, 0.1) is 10.2 Å². The van der Waals surface area contributed by atoms with Crippen LogP contribution in [0.5, 0.6) is 0 Å². The summed E-state index contributed by atoms with van der Waals surface area (Å²) in [6.07, 6.45) is 7.44. The van der Waals surface area contributed by atoms with Gasteiger partial charge in [-0.1, -0.05) is 12.8 Å². The smallest absolute Gasteiger partial charge is 0.320 e. The average Bonchev–Trinajstić information content (AvgIpc) is 3.34. The molecule has 10 heteroatoms. The van der Waals surface area contributed by atoms with Gasteiger partial charge in [0.15, 0.2) is 5.65 Å². The molecule has 2 fully saturated rings. The Balaban J connectivity index is 1.50. The van der Waals surface area contributed by atoms with Crippen LogP contribution in [0.25, 0.3) is 11.0 Å². The minimum absolute atomic E-state index is 0.0641. The van der Waals surface area contributed by atoms with Gasteiger partial charge in [-0.3, -0.25) is 9.36 Å². The molecule has 4 heterocycles. The van der Waals surface area contributed by atoms with Crippen LogP contribution in [0, 0.1) is 12.1 Å². The van der Waals surface area contributed by atoms with Crippen LogP contribution in [0.2, 0.25) is 0 Å². The number of rotatable bonds is 4. The maximum absolute atomic E-state index is 13.1. The lowest BCUT2D eigenvalue weighted by Crippen LogP contribution is -2.44. The lowest BCUT2D eigenvalue weighted by molar-refractivity contribution is -0.589. The SMILES string of the molecule is Cc1c(Br)c(=O)n(C2CCCC2)c2nc(Nc3ccc(N4CCNCC4)c[n+]3[O-])ncc12. The summed E-state index contributed by atoms with van der Waals surface area (Å²) in [4.78, 5) is 24.4. The lowest BCUT2D eigenvalue weighted by atomic mass is 10.1. The van der Waals surface area contributed by atoms with Crippen molar-refractivity contribution in [2.24, 2.45) is 0 Å². The zero-order valence-electron chi connectivity index (χ0n) is 18.0. The fraction of sp³-hybridized carbons (Fsp3) is 0.455. The summed E-state index contributed by atoms with van der Waals surface area (Å²) in [7, 11) is 0. The number of hydrogen-bond acceptors (Lipinski definition) is 7. The van der Waals surface area contributed by atoms with Crippen molar-refractivity contribution in [3.63, 3.8) is 0 Å². The molecule has 1 saturated heterocycles. The zero-order valence-corrected chi connectivity index (χ0v) is 19.6. The molecule has 0 bridgehead atoms. The summed E-state index contributed by atoms with van der Waals surface area (Å²) in [6, 6.07) is 3.81. The van der Waals surface area contributed by atoms with Crippen molar-refractivity contribution in [3.8, 4) is 0 Å². The topological polar surface area (TPSA) is 102 Å². The van der Waals surface area contributed by atoms with E-state index in [4.69, 9.17) is 0 Å². The highest BCUT2D eigenvalue weighted by molar-refractivity contribution is 9.10. The minimum Gasteiger partial charge on any atom is -0.711 e. The van der Waals surface area contributed by atoms with Gasteiger partial charge < -0.3 is 15.4 Å². The van der Waals surface area contributed by atoms with E-state index in [1.165, 1.54) is 0 Å². The number of piperazine rings is 1. The highest BCUT2D eigenvalue weighted by Gasteiger charge is 2.24. The molecule has 0 spiro atoms. The summed E-state index contributed by atoms with van der Waals surface area (Å²) < 4.78 is 3.16. The first kappa shape index (κ1) is 21.1. The van der Waals surface area contributed by atoms with Crippen LogP contribution >= 0.6 is 15.9 Å². The van der Waals surface area contributed by atoms with E-state index in [0.29, 0.717) is 21.9 Å². The van der Waals surface area contributed by atoms with E-state index in [0.717, 1.165) is 73.2 Å². The Labute approximate surface area is 194 Å². The van der Waals surface area contributed by atoms with E-state index in [9.17, 15) is 10.0 Å². The molecule has 0 amide bonds. The first-order valence-electron chi connectivity index (χ1n) is 11.1. The molecule has 1 aliphatic carbocycles. The van der Waals surface area contributed by atoms with Gasteiger partial charge >= 0.3 is 5.95 Å². The van der Waals surface area contributed by atoms with Crippen molar-refractivity contribution >= 4 is 44.4 Å². The average molecular weight is 500 g/mol. The summed E-state index contributed by atoms with van der Waals surface area (Å²) in [5, 5.41) is 19.9. The third-order valence-electron chi connectivity index (χ3n) is 6.45. The van der Waals surface area contributed by atoms with Crippen LogP contribution in [0.4, 0.5) is 17.5 Å². The molecule has 2 aliphatic rings. The number of fused-ring (bicyclic) bond motifs is 1. The second-order valence-electron chi connectivity index (χ2n) is 8.44. The van der Waals surface area contributed by atoms with E-state index >= 15 is 0 Å². The molecule has 1 aliphatic heterocycles. The first-order valence-corrected chi connectivity index (χ1v) is 11.9. The Morgan fingerprint density at radius 2 is 2.00 bits per heavy atom. The maximum atomic E-state index is 13.1. The number of aryl methyl sites for hydroxylation is 1. The molecule has 9 nitrogen and oxygen atoms in total. The number of aromatic nitrogens is 4. The number of hydrogen-bond donors (Lipinski definition) is 2. The fourth-order valence-electron chi connectivity index (χ4n) is 4.65. The van der Waals surface area contributed by atoms with E-state index < -0.39 is 0 Å². The Hall–Kier alpha value is -2.72. The third kappa shape index (κ3) is 3.81. The van der Waals surface area contributed by atoms with Gasteiger partial charge in [-0.15, -0.1) is 0 Å². The zero-order chi connectivity index (χ0) is 22.2. The van der Waals surface area contributed by atoms with Crippen LogP contribution < -0.4 is 25.8 Å². The first-order chi connectivity index (χ1) is 15.5. The Morgan fingerprint density at radius 3 is 2.72 bits per heavy atom. The lowest BCUT2D eigenvalue weighted by Gasteiger charge is -2.29. The molecule has 32 heavy (non-hydrogen) atoms. The number of nitrogens with zero attached hydrogens (tertiary/aromatic N) is 5. The van der Waals surface area contributed by atoms with Gasteiger partial charge in [0, 0.05) is 49.9 Å². The molecule has 0 unspecified atom stereocenters. The maximum Gasteiger partial charge on any atom is 0.320 e. The van der Waals surface area contributed by atoms with Gasteiger partial charge in [-0.2, -0.15) is 9.97 Å². The Bertz CT molecular complexity index is 1220. The molecule has 1 saturated carbocycles. The van der Waals surface area contributed by atoms with E-state index in [1.807, 2.05) is 13.0 Å². The summed E-state index contributed by atoms with van der Waals surface area (Å²) >= 11 is 3.46. The van der Waals surface area contributed by atoms with Crippen molar-refractivity contribution < 1.29 is 4.73 Å². The molecular formula is C22H26BrN7O2. The Kier molecular flexibility index (Phi) is 5.73. The van der Waals surface area contributed by atoms with Crippen molar-refractivity contribution in [2.45, 2.75) is 38.6 Å². The monoisotopic (exact) mass is 499 g/mol. The standard InChI is InChI=1S/C22H26BrN7O2/c1-14-17-12-25-22(27-20(17)30(21(31)19(14)23)15-4-2-3-5-15)26-18-7-6-16(13-29(18)32)28-10-8-24-9-11-28/h6-7,12-13,15,24H,2-5,8-11H2,1H3,(H,25,26,27).